The average molecular weight is 264 g/mol. The van der Waals surface area contributed by atoms with Gasteiger partial charge in [0.05, 0.1) is 5.56 Å². The minimum absolute atomic E-state index is 0.0953. The van der Waals surface area contributed by atoms with Crippen molar-refractivity contribution >= 4 is 11.9 Å². The monoisotopic (exact) mass is 264 g/mol. The van der Waals surface area contributed by atoms with Crippen LogP contribution in [0.3, 0.4) is 0 Å². The number of pyridine rings is 1. The fraction of sp³-hybridized carbons (Fsp3) is 0.462. The van der Waals surface area contributed by atoms with E-state index >= 15 is 0 Å². The first-order chi connectivity index (χ1) is 8.93. The van der Waals surface area contributed by atoms with Crippen LogP contribution in [0, 0.1) is 13.8 Å². The summed E-state index contributed by atoms with van der Waals surface area (Å²) in [4.78, 5) is 35.2. The fourth-order valence-corrected chi connectivity index (χ4v) is 2.61. The summed E-state index contributed by atoms with van der Waals surface area (Å²) < 4.78 is 1.30. The zero-order chi connectivity index (χ0) is 14.2. The lowest BCUT2D eigenvalue weighted by Gasteiger charge is -2.26. The molecule has 1 aliphatic rings. The van der Waals surface area contributed by atoms with Gasteiger partial charge in [-0.15, -0.1) is 0 Å². The number of hydrogen-bond acceptors (Lipinski definition) is 3. The van der Waals surface area contributed by atoms with Gasteiger partial charge in [0.2, 0.25) is 5.91 Å². The average Bonchev–Trinajstić information content (AvgIpc) is 2.30. The van der Waals surface area contributed by atoms with Gasteiger partial charge in [0.1, 0.15) is 6.04 Å². The number of carbonyl (C=O) groups is 2. The van der Waals surface area contributed by atoms with E-state index in [1.165, 1.54) is 10.6 Å². The van der Waals surface area contributed by atoms with E-state index in [9.17, 15) is 19.5 Å². The molecule has 0 saturated carbocycles. The van der Waals surface area contributed by atoms with Crippen molar-refractivity contribution in [3.8, 4) is 0 Å². The second kappa shape index (κ2) is 4.87. The lowest BCUT2D eigenvalue weighted by molar-refractivity contribution is -0.126. The molecule has 1 amide bonds. The number of aryl methyl sites for hydroxylation is 1. The predicted molar refractivity (Wildman–Crippen MR) is 68.4 cm³/mol. The second-order valence-corrected chi connectivity index (χ2v) is 4.75. The highest BCUT2D eigenvalue weighted by Gasteiger charge is 2.28. The van der Waals surface area contributed by atoms with Crippen molar-refractivity contribution in [2.45, 2.75) is 32.7 Å². The molecular formula is C13H16N2O4. The third-order valence-corrected chi connectivity index (χ3v) is 3.48. The minimum Gasteiger partial charge on any atom is -0.478 e. The summed E-state index contributed by atoms with van der Waals surface area (Å²) in [5, 5.41) is 11.9. The number of aromatic nitrogens is 1. The maximum atomic E-state index is 12.1. The number of rotatable bonds is 2. The van der Waals surface area contributed by atoms with Crippen LogP contribution in [-0.4, -0.2) is 28.1 Å². The van der Waals surface area contributed by atoms with Gasteiger partial charge in [-0.1, -0.05) is 0 Å². The van der Waals surface area contributed by atoms with Crippen LogP contribution in [0.15, 0.2) is 10.9 Å². The molecule has 1 aromatic heterocycles. The van der Waals surface area contributed by atoms with Crippen LogP contribution in [0.25, 0.3) is 0 Å². The highest BCUT2D eigenvalue weighted by molar-refractivity contribution is 5.90. The maximum Gasteiger partial charge on any atom is 0.337 e. The molecule has 2 N–H and O–H groups in total. The number of carboxylic acids is 1. The van der Waals surface area contributed by atoms with Gasteiger partial charge in [0.25, 0.3) is 5.56 Å². The number of piperidine rings is 1. The molecule has 6 nitrogen and oxygen atoms in total. The second-order valence-electron chi connectivity index (χ2n) is 4.75. The number of nitrogens with zero attached hydrogens (tertiary/aromatic N) is 1. The Morgan fingerprint density at radius 3 is 2.68 bits per heavy atom. The van der Waals surface area contributed by atoms with Crippen molar-refractivity contribution in [2.24, 2.45) is 0 Å². The highest BCUT2D eigenvalue weighted by Crippen LogP contribution is 2.21. The third-order valence-electron chi connectivity index (χ3n) is 3.48. The van der Waals surface area contributed by atoms with Crippen LogP contribution in [0.4, 0.5) is 0 Å². The zero-order valence-corrected chi connectivity index (χ0v) is 10.9. The zero-order valence-electron chi connectivity index (χ0n) is 10.9. The van der Waals surface area contributed by atoms with Crippen molar-refractivity contribution in [3.05, 3.63) is 33.2 Å². The molecule has 0 bridgehead atoms. The Labute approximate surface area is 110 Å². The van der Waals surface area contributed by atoms with Gasteiger partial charge in [0.15, 0.2) is 0 Å². The molecule has 19 heavy (non-hydrogen) atoms. The van der Waals surface area contributed by atoms with Crippen molar-refractivity contribution in [2.75, 3.05) is 6.54 Å². The molecule has 1 atom stereocenters. The van der Waals surface area contributed by atoms with Gasteiger partial charge in [-0.25, -0.2) is 4.79 Å². The largest absolute Gasteiger partial charge is 0.478 e. The quantitative estimate of drug-likeness (QED) is 0.819. The van der Waals surface area contributed by atoms with E-state index < -0.39 is 12.0 Å². The van der Waals surface area contributed by atoms with Crippen LogP contribution in [0.5, 0.6) is 0 Å². The van der Waals surface area contributed by atoms with E-state index in [2.05, 4.69) is 5.32 Å². The fourth-order valence-electron chi connectivity index (χ4n) is 2.61. The molecule has 1 saturated heterocycles. The van der Waals surface area contributed by atoms with E-state index in [0.29, 0.717) is 24.2 Å². The van der Waals surface area contributed by atoms with E-state index in [1.54, 1.807) is 13.8 Å². The van der Waals surface area contributed by atoms with Gasteiger partial charge in [-0.2, -0.15) is 0 Å². The van der Waals surface area contributed by atoms with Crippen LogP contribution in [0.2, 0.25) is 0 Å². The van der Waals surface area contributed by atoms with Gasteiger partial charge < -0.3 is 10.4 Å². The molecule has 102 valence electrons. The Balaban J connectivity index is 2.63. The van der Waals surface area contributed by atoms with E-state index in [1.807, 2.05) is 0 Å². The molecule has 2 heterocycles. The molecule has 1 fully saturated rings. The molecule has 0 aromatic carbocycles. The van der Waals surface area contributed by atoms with Crippen LogP contribution < -0.4 is 10.9 Å². The van der Waals surface area contributed by atoms with E-state index in [-0.39, 0.29) is 17.0 Å². The molecule has 2 rings (SSSR count). The highest BCUT2D eigenvalue weighted by atomic mass is 16.4. The summed E-state index contributed by atoms with van der Waals surface area (Å²) in [6.07, 6.45) is 1.33. The topological polar surface area (TPSA) is 88.4 Å². The first kappa shape index (κ1) is 13.3. The molecule has 0 aliphatic carbocycles. The summed E-state index contributed by atoms with van der Waals surface area (Å²) in [5.41, 5.74) is 0.516. The number of hydrogen-bond donors (Lipinski definition) is 2. The van der Waals surface area contributed by atoms with Crippen molar-refractivity contribution in [1.29, 1.82) is 0 Å². The Hall–Kier alpha value is -2.11. The van der Waals surface area contributed by atoms with Gasteiger partial charge in [-0.3, -0.25) is 14.2 Å². The normalized spacial score (nSPS) is 19.1. The Bertz CT molecular complexity index is 603. The molecular weight excluding hydrogens is 248 g/mol. The third kappa shape index (κ3) is 2.25. The molecule has 6 heteroatoms. The summed E-state index contributed by atoms with van der Waals surface area (Å²) in [6.45, 7) is 3.75. The summed E-state index contributed by atoms with van der Waals surface area (Å²) in [5.74, 6) is -1.31. The minimum atomic E-state index is -1.08. The molecule has 0 radical (unpaired) electrons. The van der Waals surface area contributed by atoms with Crippen molar-refractivity contribution < 1.29 is 14.7 Å². The molecule has 0 spiro atoms. The number of aromatic carboxylic acids is 1. The van der Waals surface area contributed by atoms with Crippen LogP contribution in [-0.2, 0) is 4.79 Å². The summed E-state index contributed by atoms with van der Waals surface area (Å²) in [6, 6.07) is 0.665. The number of amides is 1. The lowest BCUT2D eigenvalue weighted by atomic mass is 10.0. The standard InChI is InChI=1S/C13H16N2O4/c1-7-6-10(16)15(8(2)11(7)13(18)19)9-4-3-5-14-12(9)17/h6,9H,3-5H2,1-2H3,(H,14,17)(H,18,19). The maximum absolute atomic E-state index is 12.1. The first-order valence-electron chi connectivity index (χ1n) is 6.17. The van der Waals surface area contributed by atoms with Gasteiger partial charge in [0, 0.05) is 18.3 Å². The predicted octanol–water partition coefficient (Wildman–Crippen LogP) is 0.614. The van der Waals surface area contributed by atoms with Gasteiger partial charge in [-0.05, 0) is 32.3 Å². The molecule has 1 aromatic rings. The number of carbonyl (C=O) groups excluding carboxylic acids is 1. The Morgan fingerprint density at radius 2 is 2.11 bits per heavy atom. The lowest BCUT2D eigenvalue weighted by Crippen LogP contribution is -2.42. The number of carboxylic acid groups (broad SMARTS) is 1. The van der Waals surface area contributed by atoms with Crippen molar-refractivity contribution in [1.82, 2.24) is 9.88 Å². The van der Waals surface area contributed by atoms with Gasteiger partial charge >= 0.3 is 5.97 Å². The van der Waals surface area contributed by atoms with E-state index in [0.717, 1.165) is 6.42 Å². The van der Waals surface area contributed by atoms with Crippen LogP contribution >= 0.6 is 0 Å². The Morgan fingerprint density at radius 1 is 1.42 bits per heavy atom. The SMILES string of the molecule is Cc1cc(=O)n(C2CCCNC2=O)c(C)c1C(=O)O. The summed E-state index contributed by atoms with van der Waals surface area (Å²) in [7, 11) is 0. The first-order valence-corrected chi connectivity index (χ1v) is 6.17. The van der Waals surface area contributed by atoms with Crippen LogP contribution in [0.1, 0.15) is 40.5 Å². The van der Waals surface area contributed by atoms with Crippen molar-refractivity contribution in [3.63, 3.8) is 0 Å². The van der Waals surface area contributed by atoms with E-state index in [4.69, 9.17) is 0 Å². The Kier molecular flexibility index (Phi) is 3.42. The molecule has 1 aliphatic heterocycles. The smallest absolute Gasteiger partial charge is 0.337 e. The number of nitrogens with one attached hydrogen (secondary N) is 1. The molecule has 1 unspecified atom stereocenters. The summed E-state index contributed by atoms with van der Waals surface area (Å²) >= 11 is 0.